The molecule has 7 heteroatoms. The topological polar surface area (TPSA) is 0 Å². The van der Waals surface area contributed by atoms with Crippen molar-refractivity contribution in [3.05, 3.63) is 29.3 Å². The molecule has 0 heterocycles. The summed E-state index contributed by atoms with van der Waals surface area (Å²) in [5.41, 5.74) is 0. The van der Waals surface area contributed by atoms with Crippen molar-refractivity contribution in [2.45, 2.75) is 6.55 Å². The van der Waals surface area contributed by atoms with Crippen molar-refractivity contribution in [1.82, 2.24) is 0 Å². The summed E-state index contributed by atoms with van der Waals surface area (Å²) in [5.74, 6) is -6.05. The third kappa shape index (κ3) is 2.04. The van der Waals surface area contributed by atoms with Crippen LogP contribution in [0.25, 0.3) is 0 Å². The van der Waals surface area contributed by atoms with Crippen molar-refractivity contribution in [1.29, 1.82) is 0 Å². The predicted molar refractivity (Wildman–Crippen MR) is 49.2 cm³/mol. The van der Waals surface area contributed by atoms with Crippen LogP contribution in [0.5, 0.6) is 0 Å². The first-order valence-electron chi connectivity index (χ1n) is 3.46. The fraction of sp³-hybridized carbons (Fsp3) is 0.143. The molecule has 14 heavy (non-hydrogen) atoms. The molecule has 0 fully saturated rings. The Kier molecular flexibility index (Phi) is 3.13. The number of halogens is 6. The van der Waals surface area contributed by atoms with Crippen molar-refractivity contribution in [2.24, 2.45) is 0 Å². The van der Waals surface area contributed by atoms with Gasteiger partial charge in [-0.1, -0.05) is 0 Å². The summed E-state index contributed by atoms with van der Waals surface area (Å²) in [5, 5.41) is -0.890. The lowest BCUT2D eigenvalue weighted by Crippen LogP contribution is -2.39. The van der Waals surface area contributed by atoms with E-state index in [-0.39, 0.29) is 6.07 Å². The van der Waals surface area contributed by atoms with Crippen LogP contribution in [0, 0.1) is 23.3 Å². The van der Waals surface area contributed by atoms with E-state index in [0.29, 0.717) is 0 Å². The lowest BCUT2D eigenvalue weighted by Gasteiger charge is -2.13. The Morgan fingerprint density at radius 3 is 1.64 bits per heavy atom. The van der Waals surface area contributed by atoms with Crippen LogP contribution < -0.4 is 5.19 Å². The number of rotatable bonds is 1. The quantitative estimate of drug-likeness (QED) is 0.316. The summed E-state index contributed by atoms with van der Waals surface area (Å²) >= 11 is 11.0. The van der Waals surface area contributed by atoms with E-state index in [2.05, 4.69) is 0 Å². The molecule has 0 aliphatic rings. The average Bonchev–Trinajstić information content (AvgIpc) is 1.98. The van der Waals surface area contributed by atoms with Gasteiger partial charge in [-0.2, -0.15) is 0 Å². The van der Waals surface area contributed by atoms with Gasteiger partial charge in [0.2, 0.25) is 0 Å². The fourth-order valence-electron chi connectivity index (χ4n) is 0.959. The lowest BCUT2D eigenvalue weighted by molar-refractivity contribution is 0.463. The molecule has 1 aromatic carbocycles. The van der Waals surface area contributed by atoms with Crippen molar-refractivity contribution in [2.75, 3.05) is 0 Å². The van der Waals surface area contributed by atoms with Crippen LogP contribution in [0.3, 0.4) is 0 Å². The van der Waals surface area contributed by atoms with Crippen LogP contribution >= 0.6 is 22.2 Å². The highest BCUT2D eigenvalue weighted by atomic mass is 35.7. The number of benzene rings is 1. The monoisotopic (exact) mass is 262 g/mol. The Labute approximate surface area is 87.9 Å². The van der Waals surface area contributed by atoms with E-state index in [9.17, 15) is 17.6 Å². The molecular formula is C7H4Cl2F4Si. The molecule has 0 radical (unpaired) electrons. The van der Waals surface area contributed by atoms with Gasteiger partial charge in [0.15, 0.2) is 23.3 Å². The molecule has 78 valence electrons. The van der Waals surface area contributed by atoms with Crippen LogP contribution in [-0.4, -0.2) is 6.69 Å². The highest BCUT2D eigenvalue weighted by Gasteiger charge is 2.35. The Hall–Kier alpha value is -0.263. The van der Waals surface area contributed by atoms with Crippen molar-refractivity contribution in [3.63, 3.8) is 0 Å². The van der Waals surface area contributed by atoms with Gasteiger partial charge in [0, 0.05) is 11.3 Å². The maximum atomic E-state index is 13.0. The summed E-state index contributed by atoms with van der Waals surface area (Å²) in [6.45, 7) is -2.32. The molecule has 0 nitrogen and oxygen atoms in total. The Bertz CT molecular complexity index is 349. The van der Waals surface area contributed by atoms with E-state index in [0.717, 1.165) is 6.55 Å². The maximum absolute atomic E-state index is 13.0. The molecule has 0 atom stereocenters. The molecule has 0 aliphatic heterocycles. The van der Waals surface area contributed by atoms with E-state index >= 15 is 0 Å². The van der Waals surface area contributed by atoms with Gasteiger partial charge in [-0.15, -0.1) is 22.2 Å². The molecule has 0 spiro atoms. The van der Waals surface area contributed by atoms with Gasteiger partial charge in [-0.3, -0.25) is 0 Å². The molecule has 0 unspecified atom stereocenters. The van der Waals surface area contributed by atoms with Gasteiger partial charge in [0.1, 0.15) is 0 Å². The zero-order valence-corrected chi connectivity index (χ0v) is 9.36. The van der Waals surface area contributed by atoms with E-state index < -0.39 is 35.1 Å². The largest absolute Gasteiger partial charge is 0.283 e. The van der Waals surface area contributed by atoms with Gasteiger partial charge in [0.25, 0.3) is 6.69 Å². The van der Waals surface area contributed by atoms with E-state index in [1.54, 1.807) is 0 Å². The van der Waals surface area contributed by atoms with E-state index in [4.69, 9.17) is 22.2 Å². The zero-order valence-electron chi connectivity index (χ0n) is 6.85. The molecule has 1 aromatic rings. The first-order chi connectivity index (χ1) is 6.25. The normalized spacial score (nSPS) is 11.9. The summed E-state index contributed by atoms with van der Waals surface area (Å²) < 4.78 is 51.4. The summed E-state index contributed by atoms with van der Waals surface area (Å²) in [4.78, 5) is 0. The molecule has 0 aliphatic carbocycles. The molecule has 0 saturated carbocycles. The van der Waals surface area contributed by atoms with Gasteiger partial charge >= 0.3 is 0 Å². The first-order valence-corrected chi connectivity index (χ1v) is 7.98. The molecular weight excluding hydrogens is 259 g/mol. The molecule has 0 amide bonds. The SMILES string of the molecule is C[Si](Cl)(Cl)c1c(F)c(F)cc(F)c1F. The van der Waals surface area contributed by atoms with Crippen LogP contribution in [0.4, 0.5) is 17.6 Å². The molecule has 0 N–H and O–H groups in total. The van der Waals surface area contributed by atoms with Crippen molar-refractivity contribution < 1.29 is 17.6 Å². The van der Waals surface area contributed by atoms with Gasteiger partial charge in [-0.25, -0.2) is 17.6 Å². The minimum absolute atomic E-state index is 0.113. The minimum Gasteiger partial charge on any atom is -0.204 e. The van der Waals surface area contributed by atoms with Crippen LogP contribution in [0.2, 0.25) is 6.55 Å². The predicted octanol–water partition coefficient (Wildman–Crippen LogP) is 3.00. The summed E-state index contributed by atoms with van der Waals surface area (Å²) in [6.07, 6.45) is 0. The fourth-order valence-corrected chi connectivity index (χ4v) is 2.96. The highest BCUT2D eigenvalue weighted by Crippen LogP contribution is 2.21. The molecule has 1 rings (SSSR count). The molecule has 0 aromatic heterocycles. The molecule has 0 saturated heterocycles. The van der Waals surface area contributed by atoms with Gasteiger partial charge < -0.3 is 0 Å². The average molecular weight is 263 g/mol. The van der Waals surface area contributed by atoms with Crippen LogP contribution in [0.1, 0.15) is 0 Å². The van der Waals surface area contributed by atoms with Crippen LogP contribution in [0.15, 0.2) is 6.07 Å². The molecule has 0 bridgehead atoms. The Morgan fingerprint density at radius 1 is 1.00 bits per heavy atom. The second kappa shape index (κ2) is 3.71. The van der Waals surface area contributed by atoms with Crippen LogP contribution in [-0.2, 0) is 0 Å². The standard InChI is InChI=1S/C7H4Cl2F4Si/c1-14(8,9)7-5(12)3(10)2-4(11)6(7)13/h2H,1H3. The van der Waals surface area contributed by atoms with Gasteiger partial charge in [0.05, 0.1) is 0 Å². The van der Waals surface area contributed by atoms with E-state index in [1.807, 2.05) is 0 Å². The number of hydrogen-bond acceptors (Lipinski definition) is 0. The smallest absolute Gasteiger partial charge is 0.204 e. The van der Waals surface area contributed by atoms with E-state index in [1.165, 1.54) is 0 Å². The van der Waals surface area contributed by atoms with Crippen molar-refractivity contribution >= 4 is 34.0 Å². The highest BCUT2D eigenvalue weighted by molar-refractivity contribution is 7.50. The first kappa shape index (κ1) is 11.8. The number of hydrogen-bond donors (Lipinski definition) is 0. The third-order valence-corrected chi connectivity index (χ3v) is 4.00. The third-order valence-electron chi connectivity index (χ3n) is 1.55. The Balaban J connectivity index is 3.56. The van der Waals surface area contributed by atoms with Crippen molar-refractivity contribution in [3.8, 4) is 0 Å². The second-order valence-electron chi connectivity index (χ2n) is 2.73. The minimum atomic E-state index is -3.47. The summed E-state index contributed by atoms with van der Waals surface area (Å²) in [7, 11) is 0. The second-order valence-corrected chi connectivity index (χ2v) is 10.1. The van der Waals surface area contributed by atoms with Gasteiger partial charge in [-0.05, 0) is 6.55 Å². The lowest BCUT2D eigenvalue weighted by atomic mass is 10.3. The summed E-state index contributed by atoms with van der Waals surface area (Å²) in [6, 6.07) is 0.113. The maximum Gasteiger partial charge on any atom is 0.283 e. The zero-order chi connectivity index (χ0) is 11.1. The Morgan fingerprint density at radius 2 is 1.36 bits per heavy atom.